The monoisotopic (exact) mass is 280 g/mol. The molecule has 1 heterocycles. The molecule has 0 saturated carbocycles. The third-order valence-electron chi connectivity index (χ3n) is 3.23. The number of rotatable bonds is 8. The molecule has 0 radical (unpaired) electrons. The van der Waals surface area contributed by atoms with Crippen molar-refractivity contribution in [2.45, 2.75) is 25.7 Å². The van der Waals surface area contributed by atoms with E-state index >= 15 is 0 Å². The van der Waals surface area contributed by atoms with Crippen LogP contribution in [0.4, 0.5) is 0 Å². The van der Waals surface area contributed by atoms with Gasteiger partial charge in [-0.05, 0) is 31.6 Å². The fourth-order valence-corrected chi connectivity index (χ4v) is 3.27. The van der Waals surface area contributed by atoms with Gasteiger partial charge in [-0.25, -0.2) is 4.72 Å². The van der Waals surface area contributed by atoms with Crippen molar-refractivity contribution in [3.8, 4) is 0 Å². The first-order valence-corrected chi connectivity index (χ1v) is 7.88. The first-order chi connectivity index (χ1) is 8.60. The number of ether oxygens (including phenoxy) is 1. The summed E-state index contributed by atoms with van der Waals surface area (Å²) in [5, 5.41) is 9.01. The van der Waals surface area contributed by atoms with E-state index in [1.165, 1.54) is 4.31 Å². The molecule has 1 aliphatic rings. The van der Waals surface area contributed by atoms with Gasteiger partial charge in [0.2, 0.25) is 0 Å². The normalized spacial score (nSPS) is 19.2. The molecule has 0 spiro atoms. The van der Waals surface area contributed by atoms with Crippen molar-refractivity contribution in [3.63, 3.8) is 0 Å². The van der Waals surface area contributed by atoms with E-state index in [0.717, 1.165) is 25.7 Å². The Morgan fingerprint density at radius 3 is 2.56 bits per heavy atom. The summed E-state index contributed by atoms with van der Waals surface area (Å²) in [4.78, 5) is 0. The van der Waals surface area contributed by atoms with Crippen LogP contribution in [0, 0.1) is 5.92 Å². The summed E-state index contributed by atoms with van der Waals surface area (Å²) in [6.45, 7) is 2.25. The van der Waals surface area contributed by atoms with E-state index in [2.05, 4.69) is 4.72 Å². The number of hydrogen-bond donors (Lipinski definition) is 2. The van der Waals surface area contributed by atoms with Gasteiger partial charge in [-0.1, -0.05) is 0 Å². The quantitative estimate of drug-likeness (QED) is 0.611. The highest BCUT2D eigenvalue weighted by Crippen LogP contribution is 2.18. The second-order valence-electron chi connectivity index (χ2n) is 4.62. The van der Waals surface area contributed by atoms with Gasteiger partial charge in [0.25, 0.3) is 10.2 Å². The number of methoxy groups -OCH3 is 1. The SMILES string of the molecule is COCCCCNS(=O)(=O)N1CCC(CO)CC1. The number of hydrogen-bond acceptors (Lipinski definition) is 4. The van der Waals surface area contributed by atoms with Crippen LogP contribution in [0.2, 0.25) is 0 Å². The minimum atomic E-state index is -3.34. The average molecular weight is 280 g/mol. The first kappa shape index (κ1) is 15.8. The summed E-state index contributed by atoms with van der Waals surface area (Å²) in [7, 11) is -1.71. The number of piperidine rings is 1. The van der Waals surface area contributed by atoms with E-state index in [9.17, 15) is 8.42 Å². The minimum absolute atomic E-state index is 0.151. The molecule has 0 unspecified atom stereocenters. The molecule has 0 aromatic rings. The molecule has 1 rings (SSSR count). The summed E-state index contributed by atoms with van der Waals surface area (Å²) in [6, 6.07) is 0. The summed E-state index contributed by atoms with van der Waals surface area (Å²) in [5.41, 5.74) is 0. The van der Waals surface area contributed by atoms with Gasteiger partial charge in [-0.3, -0.25) is 0 Å². The fraction of sp³-hybridized carbons (Fsp3) is 1.00. The van der Waals surface area contributed by atoms with Crippen molar-refractivity contribution in [1.29, 1.82) is 0 Å². The minimum Gasteiger partial charge on any atom is -0.396 e. The Bertz CT molecular complexity index is 313. The molecule has 1 aliphatic heterocycles. The van der Waals surface area contributed by atoms with Crippen LogP contribution >= 0.6 is 0 Å². The molecule has 2 N–H and O–H groups in total. The average Bonchev–Trinajstić information content (AvgIpc) is 2.38. The maximum atomic E-state index is 11.9. The third kappa shape index (κ3) is 5.19. The number of nitrogens with one attached hydrogen (secondary N) is 1. The third-order valence-corrected chi connectivity index (χ3v) is 4.85. The lowest BCUT2D eigenvalue weighted by Gasteiger charge is -2.30. The Kier molecular flexibility index (Phi) is 7.10. The number of nitrogens with zero attached hydrogens (tertiary/aromatic N) is 1. The molecule has 0 aromatic carbocycles. The Morgan fingerprint density at radius 2 is 2.00 bits per heavy atom. The van der Waals surface area contributed by atoms with Crippen molar-refractivity contribution in [2.75, 3.05) is 40.0 Å². The predicted octanol–water partition coefficient (Wildman–Crippen LogP) is -0.0483. The van der Waals surface area contributed by atoms with Crippen LogP contribution in [-0.4, -0.2) is 57.8 Å². The van der Waals surface area contributed by atoms with Crippen LogP contribution < -0.4 is 4.72 Å². The number of aliphatic hydroxyl groups is 1. The van der Waals surface area contributed by atoms with Crippen LogP contribution in [0.1, 0.15) is 25.7 Å². The van der Waals surface area contributed by atoms with Gasteiger partial charge in [-0.15, -0.1) is 0 Å². The Hall–Kier alpha value is -0.210. The van der Waals surface area contributed by atoms with Crippen LogP contribution in [0.25, 0.3) is 0 Å². The van der Waals surface area contributed by atoms with E-state index in [0.29, 0.717) is 26.2 Å². The fourth-order valence-electron chi connectivity index (χ4n) is 2.00. The van der Waals surface area contributed by atoms with Gasteiger partial charge in [0, 0.05) is 40.0 Å². The topological polar surface area (TPSA) is 78.9 Å². The van der Waals surface area contributed by atoms with Crippen molar-refractivity contribution >= 4 is 10.2 Å². The van der Waals surface area contributed by atoms with Gasteiger partial charge in [0.05, 0.1) is 0 Å². The van der Waals surface area contributed by atoms with Crippen LogP contribution in [0.15, 0.2) is 0 Å². The molecular weight excluding hydrogens is 256 g/mol. The standard InChI is InChI=1S/C11H24N2O4S/c1-17-9-3-2-6-12-18(15,16)13-7-4-11(10-14)5-8-13/h11-12,14H,2-10H2,1H3. The molecule has 0 aliphatic carbocycles. The molecule has 6 nitrogen and oxygen atoms in total. The maximum absolute atomic E-state index is 11.9. The molecule has 108 valence electrons. The zero-order valence-corrected chi connectivity index (χ0v) is 11.8. The van der Waals surface area contributed by atoms with E-state index in [-0.39, 0.29) is 12.5 Å². The van der Waals surface area contributed by atoms with Crippen molar-refractivity contribution in [3.05, 3.63) is 0 Å². The smallest absolute Gasteiger partial charge is 0.279 e. The molecule has 18 heavy (non-hydrogen) atoms. The Morgan fingerprint density at radius 1 is 1.33 bits per heavy atom. The highest BCUT2D eigenvalue weighted by molar-refractivity contribution is 7.87. The molecule has 7 heteroatoms. The van der Waals surface area contributed by atoms with E-state index < -0.39 is 10.2 Å². The Balaban J connectivity index is 2.26. The van der Waals surface area contributed by atoms with Crippen LogP contribution in [0.3, 0.4) is 0 Å². The highest BCUT2D eigenvalue weighted by atomic mass is 32.2. The molecule has 0 atom stereocenters. The molecule has 0 bridgehead atoms. The molecule has 0 amide bonds. The second kappa shape index (κ2) is 8.06. The van der Waals surface area contributed by atoms with Crippen LogP contribution in [0.5, 0.6) is 0 Å². The molecule has 1 fully saturated rings. The lowest BCUT2D eigenvalue weighted by molar-refractivity contribution is 0.169. The first-order valence-electron chi connectivity index (χ1n) is 6.44. The van der Waals surface area contributed by atoms with Gasteiger partial charge in [0.15, 0.2) is 0 Å². The van der Waals surface area contributed by atoms with E-state index in [4.69, 9.17) is 9.84 Å². The van der Waals surface area contributed by atoms with Gasteiger partial charge >= 0.3 is 0 Å². The van der Waals surface area contributed by atoms with Crippen molar-refractivity contribution in [2.24, 2.45) is 5.92 Å². The number of aliphatic hydroxyl groups excluding tert-OH is 1. The number of unbranched alkanes of at least 4 members (excludes halogenated alkanes) is 1. The molecule has 1 saturated heterocycles. The lowest BCUT2D eigenvalue weighted by Crippen LogP contribution is -2.45. The largest absolute Gasteiger partial charge is 0.396 e. The zero-order valence-electron chi connectivity index (χ0n) is 11.0. The summed E-state index contributed by atoms with van der Waals surface area (Å²) in [5.74, 6) is 0.248. The summed E-state index contributed by atoms with van der Waals surface area (Å²) in [6.07, 6.45) is 3.11. The molecule has 0 aromatic heterocycles. The van der Waals surface area contributed by atoms with Gasteiger partial charge in [-0.2, -0.15) is 12.7 Å². The Labute approximate surface area is 109 Å². The van der Waals surface area contributed by atoms with Crippen molar-refractivity contribution in [1.82, 2.24) is 9.03 Å². The predicted molar refractivity (Wildman–Crippen MR) is 69.4 cm³/mol. The van der Waals surface area contributed by atoms with E-state index in [1.807, 2.05) is 0 Å². The van der Waals surface area contributed by atoms with Crippen molar-refractivity contribution < 1.29 is 18.3 Å². The van der Waals surface area contributed by atoms with Gasteiger partial charge < -0.3 is 9.84 Å². The summed E-state index contributed by atoms with van der Waals surface area (Å²) < 4.78 is 32.8. The second-order valence-corrected chi connectivity index (χ2v) is 6.38. The zero-order chi connectivity index (χ0) is 13.4. The maximum Gasteiger partial charge on any atom is 0.279 e. The molecular formula is C11H24N2O4S. The van der Waals surface area contributed by atoms with Crippen LogP contribution in [-0.2, 0) is 14.9 Å². The summed E-state index contributed by atoms with van der Waals surface area (Å²) >= 11 is 0. The van der Waals surface area contributed by atoms with Gasteiger partial charge in [0.1, 0.15) is 0 Å². The highest BCUT2D eigenvalue weighted by Gasteiger charge is 2.26. The lowest BCUT2D eigenvalue weighted by atomic mass is 10.00. The van der Waals surface area contributed by atoms with E-state index in [1.54, 1.807) is 7.11 Å².